The van der Waals surface area contributed by atoms with Crippen LogP contribution >= 0.6 is 23.8 Å². The SMILES string of the molecule is CC(Cl)c1nc(=S)cc(-c2cnn(C)c2)[nH]1. The van der Waals surface area contributed by atoms with E-state index in [4.69, 9.17) is 23.8 Å². The van der Waals surface area contributed by atoms with E-state index < -0.39 is 0 Å². The molecule has 1 atom stereocenters. The number of hydrogen-bond acceptors (Lipinski definition) is 3. The maximum absolute atomic E-state index is 5.98. The number of H-pyrrole nitrogens is 1. The van der Waals surface area contributed by atoms with Crippen LogP contribution in [0.2, 0.25) is 0 Å². The van der Waals surface area contributed by atoms with Crippen molar-refractivity contribution in [2.45, 2.75) is 12.3 Å². The molecule has 0 amide bonds. The average Bonchev–Trinajstić information content (AvgIpc) is 2.64. The van der Waals surface area contributed by atoms with Gasteiger partial charge in [-0.2, -0.15) is 5.10 Å². The minimum Gasteiger partial charge on any atom is -0.342 e. The Kier molecular flexibility index (Phi) is 3.07. The van der Waals surface area contributed by atoms with Crippen LogP contribution in [0.1, 0.15) is 18.1 Å². The van der Waals surface area contributed by atoms with E-state index >= 15 is 0 Å². The first-order valence-electron chi connectivity index (χ1n) is 4.80. The van der Waals surface area contributed by atoms with Gasteiger partial charge in [0.05, 0.1) is 17.3 Å². The lowest BCUT2D eigenvalue weighted by molar-refractivity contribution is 0.768. The summed E-state index contributed by atoms with van der Waals surface area (Å²) >= 11 is 11.1. The van der Waals surface area contributed by atoms with Crippen LogP contribution in [0.25, 0.3) is 11.3 Å². The van der Waals surface area contributed by atoms with E-state index in [2.05, 4.69) is 15.1 Å². The first-order chi connectivity index (χ1) is 7.56. The summed E-state index contributed by atoms with van der Waals surface area (Å²) in [4.78, 5) is 7.32. The van der Waals surface area contributed by atoms with E-state index in [1.54, 1.807) is 16.9 Å². The van der Waals surface area contributed by atoms with E-state index in [1.165, 1.54) is 0 Å². The monoisotopic (exact) mass is 254 g/mol. The lowest BCUT2D eigenvalue weighted by Gasteiger charge is -2.05. The summed E-state index contributed by atoms with van der Waals surface area (Å²) in [6, 6.07) is 1.80. The fraction of sp³-hybridized carbons (Fsp3) is 0.300. The molecule has 2 aromatic heterocycles. The molecule has 0 spiro atoms. The van der Waals surface area contributed by atoms with Crippen LogP contribution in [0, 0.1) is 4.64 Å². The zero-order chi connectivity index (χ0) is 11.7. The summed E-state index contributed by atoms with van der Waals surface area (Å²) in [6.45, 7) is 1.85. The summed E-state index contributed by atoms with van der Waals surface area (Å²) in [5.41, 5.74) is 1.85. The Balaban J connectivity index is 2.53. The van der Waals surface area contributed by atoms with Crippen molar-refractivity contribution in [1.82, 2.24) is 19.7 Å². The average molecular weight is 255 g/mol. The summed E-state index contributed by atoms with van der Waals surface area (Å²) in [7, 11) is 1.87. The van der Waals surface area contributed by atoms with Gasteiger partial charge in [0, 0.05) is 18.8 Å². The molecule has 2 heterocycles. The third kappa shape index (κ3) is 2.31. The van der Waals surface area contributed by atoms with Gasteiger partial charge in [-0.25, -0.2) is 4.98 Å². The number of hydrogen-bond donors (Lipinski definition) is 1. The van der Waals surface area contributed by atoms with Crippen molar-refractivity contribution in [3.63, 3.8) is 0 Å². The number of rotatable bonds is 2. The molecule has 2 aromatic rings. The standard InChI is InChI=1S/C10H11ClN4S/c1-6(11)10-13-8(3-9(16)14-10)7-4-12-15(2)5-7/h3-6H,1-2H3,(H,13,14,16). The molecular formula is C10H11ClN4S. The van der Waals surface area contributed by atoms with Crippen LogP contribution in [0.4, 0.5) is 0 Å². The fourth-order valence-corrected chi connectivity index (χ4v) is 1.70. The van der Waals surface area contributed by atoms with Crippen LogP contribution in [0.15, 0.2) is 18.5 Å². The molecule has 0 aliphatic carbocycles. The van der Waals surface area contributed by atoms with Crippen LogP contribution in [0.3, 0.4) is 0 Å². The number of nitrogens with zero attached hydrogens (tertiary/aromatic N) is 3. The van der Waals surface area contributed by atoms with E-state index in [-0.39, 0.29) is 5.38 Å². The molecule has 1 unspecified atom stereocenters. The number of aryl methyl sites for hydroxylation is 1. The molecule has 0 fully saturated rings. The Morgan fingerprint density at radius 2 is 2.31 bits per heavy atom. The summed E-state index contributed by atoms with van der Waals surface area (Å²) < 4.78 is 2.26. The minimum atomic E-state index is -0.196. The van der Waals surface area contributed by atoms with E-state index in [0.717, 1.165) is 11.3 Å². The van der Waals surface area contributed by atoms with E-state index in [1.807, 2.05) is 20.2 Å². The zero-order valence-corrected chi connectivity index (χ0v) is 10.5. The van der Waals surface area contributed by atoms with Crippen LogP contribution < -0.4 is 0 Å². The quantitative estimate of drug-likeness (QED) is 0.662. The smallest absolute Gasteiger partial charge is 0.130 e. The molecule has 16 heavy (non-hydrogen) atoms. The lowest BCUT2D eigenvalue weighted by atomic mass is 10.2. The van der Waals surface area contributed by atoms with Crippen molar-refractivity contribution in [2.75, 3.05) is 0 Å². The predicted octanol–water partition coefficient (Wildman–Crippen LogP) is 2.84. The first kappa shape index (κ1) is 11.3. The Morgan fingerprint density at radius 1 is 1.56 bits per heavy atom. The summed E-state index contributed by atoms with van der Waals surface area (Å²) in [5, 5.41) is 3.91. The van der Waals surface area contributed by atoms with Gasteiger partial charge in [0.25, 0.3) is 0 Å². The summed E-state index contributed by atoms with van der Waals surface area (Å²) in [5.74, 6) is 0.674. The third-order valence-corrected chi connectivity index (χ3v) is 2.57. The maximum Gasteiger partial charge on any atom is 0.130 e. The highest BCUT2D eigenvalue weighted by Gasteiger charge is 2.07. The van der Waals surface area contributed by atoms with Gasteiger partial charge in [-0.1, -0.05) is 12.2 Å². The second-order valence-corrected chi connectivity index (χ2v) is 4.61. The number of aromatic amines is 1. The normalized spacial score (nSPS) is 12.7. The molecule has 0 aliphatic heterocycles. The Bertz CT molecular complexity index is 558. The Morgan fingerprint density at radius 3 is 2.88 bits per heavy atom. The van der Waals surface area contributed by atoms with Crippen LogP contribution in [-0.2, 0) is 7.05 Å². The molecule has 0 saturated carbocycles. The molecule has 0 aliphatic rings. The van der Waals surface area contributed by atoms with E-state index in [0.29, 0.717) is 10.5 Å². The highest BCUT2D eigenvalue weighted by Crippen LogP contribution is 2.20. The van der Waals surface area contributed by atoms with Crippen molar-refractivity contribution >= 4 is 23.8 Å². The molecular weight excluding hydrogens is 244 g/mol. The zero-order valence-electron chi connectivity index (χ0n) is 8.94. The van der Waals surface area contributed by atoms with Crippen molar-refractivity contribution in [3.05, 3.63) is 28.9 Å². The highest BCUT2D eigenvalue weighted by atomic mass is 35.5. The van der Waals surface area contributed by atoms with Gasteiger partial charge in [-0.15, -0.1) is 11.6 Å². The molecule has 6 heteroatoms. The number of alkyl halides is 1. The molecule has 2 rings (SSSR count). The van der Waals surface area contributed by atoms with Gasteiger partial charge < -0.3 is 4.98 Å². The van der Waals surface area contributed by atoms with Crippen molar-refractivity contribution < 1.29 is 0 Å². The van der Waals surface area contributed by atoms with Gasteiger partial charge in [-0.05, 0) is 13.0 Å². The Labute approximate surface area is 103 Å². The maximum atomic E-state index is 5.98. The highest BCUT2D eigenvalue weighted by molar-refractivity contribution is 7.71. The summed E-state index contributed by atoms with van der Waals surface area (Å²) in [6.07, 6.45) is 3.67. The Hall–Kier alpha value is -1.20. The van der Waals surface area contributed by atoms with Gasteiger partial charge in [-0.3, -0.25) is 4.68 Å². The first-order valence-corrected chi connectivity index (χ1v) is 5.65. The molecule has 0 radical (unpaired) electrons. The van der Waals surface area contributed by atoms with Crippen LogP contribution in [-0.4, -0.2) is 19.7 Å². The van der Waals surface area contributed by atoms with Gasteiger partial charge in [0.15, 0.2) is 0 Å². The second-order valence-electron chi connectivity index (χ2n) is 3.54. The molecule has 0 saturated heterocycles. The van der Waals surface area contributed by atoms with Crippen molar-refractivity contribution in [1.29, 1.82) is 0 Å². The molecule has 0 aromatic carbocycles. The number of aromatic nitrogens is 4. The topological polar surface area (TPSA) is 46.5 Å². The third-order valence-electron chi connectivity index (χ3n) is 2.15. The molecule has 4 nitrogen and oxygen atoms in total. The van der Waals surface area contributed by atoms with Crippen LogP contribution in [0.5, 0.6) is 0 Å². The van der Waals surface area contributed by atoms with Gasteiger partial charge >= 0.3 is 0 Å². The minimum absolute atomic E-state index is 0.196. The molecule has 1 N–H and O–H groups in total. The molecule has 0 bridgehead atoms. The van der Waals surface area contributed by atoms with E-state index in [9.17, 15) is 0 Å². The largest absolute Gasteiger partial charge is 0.342 e. The second kappa shape index (κ2) is 4.35. The van der Waals surface area contributed by atoms with Gasteiger partial charge in [0.2, 0.25) is 0 Å². The molecule has 84 valence electrons. The van der Waals surface area contributed by atoms with Gasteiger partial charge in [0.1, 0.15) is 10.5 Å². The fourth-order valence-electron chi connectivity index (χ4n) is 1.38. The lowest BCUT2D eigenvalue weighted by Crippen LogP contribution is -1.97. The number of halogens is 1. The van der Waals surface area contributed by atoms with Crippen molar-refractivity contribution in [2.24, 2.45) is 7.05 Å². The predicted molar refractivity (Wildman–Crippen MR) is 65.9 cm³/mol. The number of nitrogens with one attached hydrogen (secondary N) is 1. The van der Waals surface area contributed by atoms with Crippen molar-refractivity contribution in [3.8, 4) is 11.3 Å².